The molecule has 1 atom stereocenters. The number of nitrogens with one attached hydrogen (secondary N) is 1. The van der Waals surface area contributed by atoms with Crippen molar-refractivity contribution in [3.05, 3.63) is 16.6 Å². The monoisotopic (exact) mass is 325 g/mol. The molecular formula is C15H23N3O3S. The summed E-state index contributed by atoms with van der Waals surface area (Å²) in [5, 5.41) is 5.49. The van der Waals surface area contributed by atoms with Crippen molar-refractivity contribution >= 4 is 23.2 Å². The summed E-state index contributed by atoms with van der Waals surface area (Å²) < 4.78 is 5.37. The van der Waals surface area contributed by atoms with Crippen LogP contribution in [0.1, 0.15) is 37.0 Å². The van der Waals surface area contributed by atoms with Crippen molar-refractivity contribution in [3.8, 4) is 0 Å². The fourth-order valence-electron chi connectivity index (χ4n) is 2.32. The summed E-state index contributed by atoms with van der Waals surface area (Å²) in [5.41, 5.74) is -0.465. The van der Waals surface area contributed by atoms with Crippen molar-refractivity contribution in [2.75, 3.05) is 26.2 Å². The maximum absolute atomic E-state index is 12.0. The van der Waals surface area contributed by atoms with Crippen LogP contribution in [0.4, 0.5) is 4.79 Å². The van der Waals surface area contributed by atoms with E-state index in [1.165, 1.54) is 11.3 Å². The standard InChI is InChI=1S/C15H23N3O3S/c1-15(2,3)21-14(20)18-6-4-11(10-18)8-16-9-12(19)13-17-5-7-22-13/h5,7,11,16H,4,6,8-10H2,1-3H3/t11-/m0/s1. The Morgan fingerprint density at radius 3 is 2.91 bits per heavy atom. The number of carbonyl (C=O) groups excluding carboxylic acids is 2. The molecule has 1 fully saturated rings. The molecule has 0 bridgehead atoms. The number of ether oxygens (including phenoxy) is 1. The van der Waals surface area contributed by atoms with Crippen LogP contribution < -0.4 is 5.32 Å². The minimum atomic E-state index is -0.465. The lowest BCUT2D eigenvalue weighted by atomic mass is 10.1. The lowest BCUT2D eigenvalue weighted by Crippen LogP contribution is -2.36. The predicted octanol–water partition coefficient (Wildman–Crippen LogP) is 2.17. The molecule has 0 aliphatic carbocycles. The number of ketones is 1. The van der Waals surface area contributed by atoms with Crippen molar-refractivity contribution in [1.29, 1.82) is 0 Å². The minimum absolute atomic E-state index is 0.0111. The quantitative estimate of drug-likeness (QED) is 0.840. The highest BCUT2D eigenvalue weighted by Crippen LogP contribution is 2.18. The van der Waals surface area contributed by atoms with Gasteiger partial charge in [0.25, 0.3) is 0 Å². The average molecular weight is 325 g/mol. The van der Waals surface area contributed by atoms with Crippen LogP contribution in [0.15, 0.2) is 11.6 Å². The van der Waals surface area contributed by atoms with Gasteiger partial charge in [-0.3, -0.25) is 4.79 Å². The van der Waals surface area contributed by atoms with E-state index in [9.17, 15) is 9.59 Å². The molecule has 22 heavy (non-hydrogen) atoms. The molecule has 0 saturated carbocycles. The van der Waals surface area contributed by atoms with Gasteiger partial charge in [0.2, 0.25) is 5.78 Å². The molecule has 2 heterocycles. The predicted molar refractivity (Wildman–Crippen MR) is 85.2 cm³/mol. The zero-order chi connectivity index (χ0) is 16.2. The summed E-state index contributed by atoms with van der Waals surface area (Å²) in [6, 6.07) is 0. The molecule has 122 valence electrons. The van der Waals surface area contributed by atoms with Crippen LogP contribution >= 0.6 is 11.3 Å². The van der Waals surface area contributed by atoms with Crippen molar-refractivity contribution in [2.45, 2.75) is 32.8 Å². The van der Waals surface area contributed by atoms with Crippen molar-refractivity contribution < 1.29 is 14.3 Å². The number of amides is 1. The molecule has 0 aromatic carbocycles. The van der Waals surface area contributed by atoms with Crippen LogP contribution in [0.2, 0.25) is 0 Å². The molecule has 1 amide bonds. The van der Waals surface area contributed by atoms with E-state index in [-0.39, 0.29) is 18.4 Å². The number of likely N-dealkylation sites (tertiary alicyclic amines) is 1. The fourth-order valence-corrected chi connectivity index (χ4v) is 2.89. The van der Waals surface area contributed by atoms with E-state index in [0.717, 1.165) is 13.0 Å². The molecule has 2 rings (SSSR count). The molecule has 1 saturated heterocycles. The second kappa shape index (κ2) is 7.19. The summed E-state index contributed by atoms with van der Waals surface area (Å²) in [6.07, 6.45) is 2.31. The fraction of sp³-hybridized carbons (Fsp3) is 0.667. The van der Waals surface area contributed by atoms with Crippen molar-refractivity contribution in [3.63, 3.8) is 0 Å². The summed E-state index contributed by atoms with van der Waals surface area (Å²) in [5.74, 6) is 0.369. The summed E-state index contributed by atoms with van der Waals surface area (Å²) in [4.78, 5) is 29.5. The van der Waals surface area contributed by atoms with Crippen LogP contribution in [0.5, 0.6) is 0 Å². The highest BCUT2D eigenvalue weighted by molar-refractivity contribution is 7.11. The first-order valence-corrected chi connectivity index (χ1v) is 8.34. The molecule has 1 aromatic heterocycles. The maximum atomic E-state index is 12.0. The first-order chi connectivity index (χ1) is 10.3. The first kappa shape index (κ1) is 16.9. The maximum Gasteiger partial charge on any atom is 0.410 e. The molecule has 7 heteroatoms. The number of Topliss-reactive ketones (excluding diaryl/α,β-unsaturated/α-hetero) is 1. The van der Waals surface area contributed by atoms with Crippen LogP contribution in [0.25, 0.3) is 0 Å². The van der Waals surface area contributed by atoms with Gasteiger partial charge in [-0.1, -0.05) is 0 Å². The number of hydrogen-bond acceptors (Lipinski definition) is 6. The van der Waals surface area contributed by atoms with E-state index < -0.39 is 5.60 Å². The molecule has 1 aromatic rings. The van der Waals surface area contributed by atoms with E-state index in [0.29, 0.717) is 24.0 Å². The number of carbonyl (C=O) groups is 2. The Hall–Kier alpha value is -1.47. The van der Waals surface area contributed by atoms with Gasteiger partial charge in [0.15, 0.2) is 5.01 Å². The van der Waals surface area contributed by atoms with Crippen LogP contribution in [-0.2, 0) is 4.74 Å². The molecule has 0 unspecified atom stereocenters. The van der Waals surface area contributed by atoms with Gasteiger partial charge in [0.05, 0.1) is 6.54 Å². The Kier molecular flexibility index (Phi) is 5.52. The van der Waals surface area contributed by atoms with Gasteiger partial charge < -0.3 is 15.0 Å². The second-order valence-corrected chi connectivity index (χ2v) is 7.37. The Morgan fingerprint density at radius 2 is 2.27 bits per heavy atom. The van der Waals surface area contributed by atoms with Crippen LogP contribution in [0, 0.1) is 5.92 Å². The second-order valence-electron chi connectivity index (χ2n) is 6.47. The van der Waals surface area contributed by atoms with Crippen LogP contribution in [0.3, 0.4) is 0 Å². The summed E-state index contributed by atoms with van der Waals surface area (Å²) in [7, 11) is 0. The number of hydrogen-bond donors (Lipinski definition) is 1. The van der Waals surface area contributed by atoms with Gasteiger partial charge in [0.1, 0.15) is 5.60 Å². The van der Waals surface area contributed by atoms with E-state index in [4.69, 9.17) is 4.74 Å². The number of rotatable bonds is 5. The zero-order valence-corrected chi connectivity index (χ0v) is 14.1. The zero-order valence-electron chi connectivity index (χ0n) is 13.3. The third-order valence-corrected chi connectivity index (χ3v) is 4.14. The highest BCUT2D eigenvalue weighted by atomic mass is 32.1. The Labute approximate surface area is 134 Å². The average Bonchev–Trinajstić information content (AvgIpc) is 3.08. The molecule has 6 nitrogen and oxygen atoms in total. The third-order valence-electron chi connectivity index (χ3n) is 3.33. The highest BCUT2D eigenvalue weighted by Gasteiger charge is 2.29. The SMILES string of the molecule is CC(C)(C)OC(=O)N1CC[C@@H](CNCC(=O)c2nccs2)C1. The van der Waals surface area contributed by atoms with Gasteiger partial charge >= 0.3 is 6.09 Å². The van der Waals surface area contributed by atoms with Gasteiger partial charge in [-0.15, -0.1) is 11.3 Å². The van der Waals surface area contributed by atoms with E-state index in [1.807, 2.05) is 20.8 Å². The number of aromatic nitrogens is 1. The van der Waals surface area contributed by atoms with Gasteiger partial charge in [-0.2, -0.15) is 0 Å². The Morgan fingerprint density at radius 1 is 1.50 bits per heavy atom. The molecule has 1 N–H and O–H groups in total. The normalized spacial score (nSPS) is 18.5. The van der Waals surface area contributed by atoms with E-state index in [1.54, 1.807) is 16.5 Å². The molecule has 0 radical (unpaired) electrons. The Balaban J connectivity index is 1.68. The van der Waals surface area contributed by atoms with Gasteiger partial charge in [-0.05, 0) is 33.1 Å². The third kappa shape index (κ3) is 5.06. The topological polar surface area (TPSA) is 71.5 Å². The van der Waals surface area contributed by atoms with Crippen LogP contribution in [-0.4, -0.2) is 53.5 Å². The largest absolute Gasteiger partial charge is 0.444 e. The van der Waals surface area contributed by atoms with E-state index in [2.05, 4.69) is 10.3 Å². The molecule has 1 aliphatic rings. The molecular weight excluding hydrogens is 302 g/mol. The summed E-state index contributed by atoms with van der Waals surface area (Å²) in [6.45, 7) is 7.99. The number of thiazole rings is 1. The van der Waals surface area contributed by atoms with Crippen molar-refractivity contribution in [2.24, 2.45) is 5.92 Å². The number of nitrogens with zero attached hydrogens (tertiary/aromatic N) is 2. The van der Waals surface area contributed by atoms with Gasteiger partial charge in [-0.25, -0.2) is 9.78 Å². The lowest BCUT2D eigenvalue weighted by Gasteiger charge is -2.24. The Bertz CT molecular complexity index is 511. The first-order valence-electron chi connectivity index (χ1n) is 7.46. The molecule has 0 spiro atoms. The smallest absolute Gasteiger partial charge is 0.410 e. The lowest BCUT2D eigenvalue weighted by molar-refractivity contribution is 0.0288. The molecule has 1 aliphatic heterocycles. The van der Waals surface area contributed by atoms with E-state index >= 15 is 0 Å². The van der Waals surface area contributed by atoms with Gasteiger partial charge in [0, 0.05) is 31.2 Å². The summed E-state index contributed by atoms with van der Waals surface area (Å²) >= 11 is 1.35. The van der Waals surface area contributed by atoms with Crippen molar-refractivity contribution in [1.82, 2.24) is 15.2 Å². The minimum Gasteiger partial charge on any atom is -0.444 e.